The quantitative estimate of drug-likeness (QED) is 0.726. The van der Waals surface area contributed by atoms with Crippen molar-refractivity contribution < 1.29 is 4.39 Å². The van der Waals surface area contributed by atoms with Crippen molar-refractivity contribution in [3.8, 4) is 12.1 Å². The van der Waals surface area contributed by atoms with E-state index in [2.05, 4.69) is 17.1 Å². The van der Waals surface area contributed by atoms with Crippen LogP contribution in [0.15, 0.2) is 42.6 Å². The van der Waals surface area contributed by atoms with Crippen LogP contribution in [-0.4, -0.2) is 12.0 Å². The van der Waals surface area contributed by atoms with Crippen LogP contribution in [0.5, 0.6) is 0 Å². The molecule has 4 nitrogen and oxygen atoms in total. The van der Waals surface area contributed by atoms with E-state index in [1.54, 1.807) is 19.1 Å². The molecule has 0 radical (unpaired) electrons. The van der Waals surface area contributed by atoms with Gasteiger partial charge in [0.05, 0.1) is 28.4 Å². The molecule has 0 unspecified atom stereocenters. The number of aromatic nitrogens is 1. The van der Waals surface area contributed by atoms with E-state index in [1.807, 2.05) is 24.1 Å². The minimum Gasteiger partial charge on any atom is -0.369 e. The summed E-state index contributed by atoms with van der Waals surface area (Å²) in [5.74, 6) is -0.358. The number of aryl methyl sites for hydroxylation is 1. The Morgan fingerprint density at radius 2 is 1.96 bits per heavy atom. The van der Waals surface area contributed by atoms with E-state index >= 15 is 0 Å². The standard InChI is InChI=1S/C20H15FN4/c1-13-6-17(21)8-18-19(13)24-11-16(10-23)20(18)25(2)12-15-5-3-4-14(7-15)9-22/h3-8,11H,12H2,1-2H3. The average molecular weight is 330 g/mol. The van der Waals surface area contributed by atoms with E-state index < -0.39 is 0 Å². The number of hydrogen-bond donors (Lipinski definition) is 0. The van der Waals surface area contributed by atoms with Crippen molar-refractivity contribution in [3.05, 3.63) is 70.7 Å². The largest absolute Gasteiger partial charge is 0.369 e. The molecule has 0 bridgehead atoms. The highest BCUT2D eigenvalue weighted by molar-refractivity contribution is 5.96. The minimum absolute atomic E-state index is 0.358. The summed E-state index contributed by atoms with van der Waals surface area (Å²) in [6.07, 6.45) is 1.52. The highest BCUT2D eigenvalue weighted by atomic mass is 19.1. The molecule has 0 spiro atoms. The SMILES string of the molecule is Cc1cc(F)cc2c(N(C)Cc3cccc(C#N)c3)c(C#N)cnc12. The number of pyridine rings is 1. The molecular formula is C20H15FN4. The van der Waals surface area contributed by atoms with Gasteiger partial charge in [-0.25, -0.2) is 4.39 Å². The maximum absolute atomic E-state index is 13.9. The minimum atomic E-state index is -0.358. The zero-order valence-electron chi connectivity index (χ0n) is 13.9. The van der Waals surface area contributed by atoms with Crippen LogP contribution < -0.4 is 4.90 Å². The topological polar surface area (TPSA) is 63.7 Å². The highest BCUT2D eigenvalue weighted by Gasteiger charge is 2.16. The molecule has 0 saturated carbocycles. The first-order valence-corrected chi connectivity index (χ1v) is 7.72. The first-order valence-electron chi connectivity index (χ1n) is 7.72. The monoisotopic (exact) mass is 330 g/mol. The van der Waals surface area contributed by atoms with E-state index in [1.165, 1.54) is 18.3 Å². The van der Waals surface area contributed by atoms with Crippen molar-refractivity contribution in [2.45, 2.75) is 13.5 Å². The summed E-state index contributed by atoms with van der Waals surface area (Å²) in [5.41, 5.74) is 3.93. The molecule has 25 heavy (non-hydrogen) atoms. The van der Waals surface area contributed by atoms with Gasteiger partial charge in [0.25, 0.3) is 0 Å². The normalized spacial score (nSPS) is 10.3. The van der Waals surface area contributed by atoms with Crippen molar-refractivity contribution in [3.63, 3.8) is 0 Å². The Hall–Kier alpha value is -3.44. The third-order valence-electron chi connectivity index (χ3n) is 4.08. The van der Waals surface area contributed by atoms with Crippen LogP contribution in [0, 0.1) is 35.4 Å². The van der Waals surface area contributed by atoms with Crippen molar-refractivity contribution >= 4 is 16.6 Å². The Labute approximate surface area is 145 Å². The van der Waals surface area contributed by atoms with Gasteiger partial charge in [0.2, 0.25) is 0 Å². The molecule has 0 atom stereocenters. The number of nitrogens with zero attached hydrogens (tertiary/aromatic N) is 4. The number of hydrogen-bond acceptors (Lipinski definition) is 4. The maximum Gasteiger partial charge on any atom is 0.124 e. The Morgan fingerprint density at radius 3 is 2.68 bits per heavy atom. The lowest BCUT2D eigenvalue weighted by atomic mass is 10.0. The fourth-order valence-electron chi connectivity index (χ4n) is 3.01. The van der Waals surface area contributed by atoms with Crippen LogP contribution in [0.25, 0.3) is 10.9 Å². The Kier molecular flexibility index (Phi) is 4.33. The molecule has 5 heteroatoms. The summed E-state index contributed by atoms with van der Waals surface area (Å²) < 4.78 is 13.9. The molecule has 1 aromatic heterocycles. The Bertz CT molecular complexity index is 1040. The highest BCUT2D eigenvalue weighted by Crippen LogP contribution is 2.31. The number of halogens is 1. The van der Waals surface area contributed by atoms with Gasteiger partial charge in [0.1, 0.15) is 11.9 Å². The fraction of sp³-hybridized carbons (Fsp3) is 0.150. The second-order valence-corrected chi connectivity index (χ2v) is 5.92. The zero-order chi connectivity index (χ0) is 18.0. The van der Waals surface area contributed by atoms with Gasteiger partial charge in [0.15, 0.2) is 0 Å². The Balaban J connectivity index is 2.13. The van der Waals surface area contributed by atoms with E-state index in [-0.39, 0.29) is 5.82 Å². The summed E-state index contributed by atoms with van der Waals surface area (Å²) in [6, 6.07) is 14.4. The summed E-state index contributed by atoms with van der Waals surface area (Å²) in [7, 11) is 1.84. The first kappa shape index (κ1) is 16.4. The van der Waals surface area contributed by atoms with Gasteiger partial charge in [-0.05, 0) is 42.3 Å². The predicted octanol–water partition coefficient (Wildman–Crippen LogP) is 4.06. The summed E-state index contributed by atoms with van der Waals surface area (Å²) >= 11 is 0. The van der Waals surface area contributed by atoms with Gasteiger partial charge in [-0.2, -0.15) is 10.5 Å². The van der Waals surface area contributed by atoms with Crippen molar-refractivity contribution in [2.75, 3.05) is 11.9 Å². The number of rotatable bonds is 3. The third-order valence-corrected chi connectivity index (χ3v) is 4.08. The van der Waals surface area contributed by atoms with Crippen LogP contribution in [0.2, 0.25) is 0 Å². The predicted molar refractivity (Wildman–Crippen MR) is 94.4 cm³/mol. The van der Waals surface area contributed by atoms with Crippen LogP contribution in [-0.2, 0) is 6.54 Å². The van der Waals surface area contributed by atoms with E-state index in [0.717, 1.165) is 11.1 Å². The maximum atomic E-state index is 13.9. The second kappa shape index (κ2) is 6.59. The van der Waals surface area contributed by atoms with Gasteiger partial charge in [-0.1, -0.05) is 12.1 Å². The van der Waals surface area contributed by atoms with E-state index in [4.69, 9.17) is 5.26 Å². The van der Waals surface area contributed by atoms with Crippen LogP contribution >= 0.6 is 0 Å². The Morgan fingerprint density at radius 1 is 1.16 bits per heavy atom. The van der Waals surface area contributed by atoms with E-state index in [0.29, 0.717) is 34.3 Å². The van der Waals surface area contributed by atoms with Gasteiger partial charge in [0, 0.05) is 25.2 Å². The van der Waals surface area contributed by atoms with Crippen molar-refractivity contribution in [1.82, 2.24) is 4.98 Å². The molecule has 3 aromatic rings. The van der Waals surface area contributed by atoms with Crippen LogP contribution in [0.1, 0.15) is 22.3 Å². The molecule has 0 saturated heterocycles. The molecule has 0 aliphatic rings. The number of nitriles is 2. The molecule has 0 aliphatic heterocycles. The molecule has 3 rings (SSSR count). The van der Waals surface area contributed by atoms with Crippen molar-refractivity contribution in [1.29, 1.82) is 10.5 Å². The molecule has 0 N–H and O–H groups in total. The molecule has 122 valence electrons. The molecule has 0 fully saturated rings. The molecule has 2 aromatic carbocycles. The lowest BCUT2D eigenvalue weighted by Gasteiger charge is -2.23. The van der Waals surface area contributed by atoms with Gasteiger partial charge in [-0.3, -0.25) is 4.98 Å². The molecular weight excluding hydrogens is 315 g/mol. The summed E-state index contributed by atoms with van der Waals surface area (Å²) in [5, 5.41) is 19.1. The zero-order valence-corrected chi connectivity index (χ0v) is 13.9. The summed E-state index contributed by atoms with van der Waals surface area (Å²) in [6.45, 7) is 2.28. The van der Waals surface area contributed by atoms with Crippen LogP contribution in [0.3, 0.4) is 0 Å². The second-order valence-electron chi connectivity index (χ2n) is 5.92. The average Bonchev–Trinajstić information content (AvgIpc) is 2.60. The third kappa shape index (κ3) is 3.13. The van der Waals surface area contributed by atoms with Crippen LogP contribution in [0.4, 0.5) is 10.1 Å². The molecule has 1 heterocycles. The molecule has 0 amide bonds. The number of anilines is 1. The number of benzene rings is 2. The smallest absolute Gasteiger partial charge is 0.124 e. The first-order chi connectivity index (χ1) is 12.0. The van der Waals surface area contributed by atoms with Gasteiger partial charge in [-0.15, -0.1) is 0 Å². The van der Waals surface area contributed by atoms with Crippen molar-refractivity contribution in [2.24, 2.45) is 0 Å². The van der Waals surface area contributed by atoms with Gasteiger partial charge >= 0.3 is 0 Å². The molecule has 0 aliphatic carbocycles. The summed E-state index contributed by atoms with van der Waals surface area (Å²) in [4.78, 5) is 6.20. The number of fused-ring (bicyclic) bond motifs is 1. The van der Waals surface area contributed by atoms with Gasteiger partial charge < -0.3 is 4.90 Å². The van der Waals surface area contributed by atoms with E-state index in [9.17, 15) is 9.65 Å². The lowest BCUT2D eigenvalue weighted by Crippen LogP contribution is -2.18. The lowest BCUT2D eigenvalue weighted by molar-refractivity contribution is 0.628. The fourth-order valence-corrected chi connectivity index (χ4v) is 3.01.